The standard InChI is InChI=1S/C24H16N4O5S2/c1-13-2-4-14(5-3-13)25-21(29)12-34-24-26-19-9-7-15(11-20(19)35-24)27-22(30)17-8-6-16(28(32)33)10-18(17)23(27)31/h2-11H,12H2,1H3,(H,25,29). The number of thioether (sulfide) groups is 1. The number of fused-ring (bicyclic) bond motifs is 2. The molecule has 3 amide bonds. The Labute approximate surface area is 206 Å². The summed E-state index contributed by atoms with van der Waals surface area (Å²) in [5.41, 5.74) is 2.73. The number of imide groups is 1. The third kappa shape index (κ3) is 4.38. The highest BCUT2D eigenvalue weighted by Crippen LogP contribution is 2.35. The number of nitrogens with one attached hydrogen (secondary N) is 1. The number of carbonyl (C=O) groups excluding carboxylic acids is 3. The SMILES string of the molecule is Cc1ccc(NC(=O)CSc2nc3ccc(N4C(=O)c5ccc([N+](=O)[O-])cc5C4=O)cc3s2)cc1. The summed E-state index contributed by atoms with van der Waals surface area (Å²) in [6.07, 6.45) is 0. The van der Waals surface area contributed by atoms with Gasteiger partial charge in [0.05, 0.1) is 37.7 Å². The first-order valence-corrected chi connectivity index (χ1v) is 12.2. The average Bonchev–Trinajstić information content (AvgIpc) is 3.36. The number of rotatable bonds is 6. The Balaban J connectivity index is 1.32. The lowest BCUT2D eigenvalue weighted by Gasteiger charge is -2.13. The van der Waals surface area contributed by atoms with Crippen LogP contribution in [0.5, 0.6) is 0 Å². The molecule has 0 unspecified atom stereocenters. The molecule has 11 heteroatoms. The molecule has 5 rings (SSSR count). The van der Waals surface area contributed by atoms with Crippen molar-refractivity contribution in [2.24, 2.45) is 0 Å². The molecule has 0 bridgehead atoms. The second-order valence-corrected chi connectivity index (χ2v) is 10.0. The number of amides is 3. The number of aryl methyl sites for hydroxylation is 1. The van der Waals surface area contributed by atoms with Crippen LogP contribution in [-0.4, -0.2) is 33.4 Å². The Bertz CT molecular complexity index is 1530. The number of non-ortho nitro benzene ring substituents is 1. The van der Waals surface area contributed by atoms with Crippen LogP contribution >= 0.6 is 23.1 Å². The predicted octanol–water partition coefficient (Wildman–Crippen LogP) is 5.04. The van der Waals surface area contributed by atoms with Crippen molar-refractivity contribution in [2.75, 3.05) is 16.0 Å². The van der Waals surface area contributed by atoms with Gasteiger partial charge in [-0.15, -0.1) is 11.3 Å². The molecule has 3 aromatic carbocycles. The smallest absolute Gasteiger partial charge is 0.270 e. The van der Waals surface area contributed by atoms with Gasteiger partial charge in [-0.25, -0.2) is 9.88 Å². The maximum atomic E-state index is 12.9. The normalized spacial score (nSPS) is 12.8. The number of hydrogen-bond donors (Lipinski definition) is 1. The van der Waals surface area contributed by atoms with Gasteiger partial charge in [0.25, 0.3) is 17.5 Å². The Hall–Kier alpha value is -4.09. The Morgan fingerprint density at radius 2 is 1.80 bits per heavy atom. The fraction of sp³-hybridized carbons (Fsp3) is 0.0833. The molecule has 0 saturated heterocycles. The van der Waals surface area contributed by atoms with E-state index in [-0.39, 0.29) is 28.5 Å². The molecule has 35 heavy (non-hydrogen) atoms. The number of nitro benzene ring substituents is 1. The zero-order chi connectivity index (χ0) is 24.7. The van der Waals surface area contributed by atoms with Crippen LogP contribution in [0.25, 0.3) is 10.2 Å². The summed E-state index contributed by atoms with van der Waals surface area (Å²) in [5, 5.41) is 13.9. The van der Waals surface area contributed by atoms with Crippen LogP contribution in [-0.2, 0) is 4.79 Å². The largest absolute Gasteiger partial charge is 0.325 e. The van der Waals surface area contributed by atoms with Crippen LogP contribution in [0.15, 0.2) is 65.0 Å². The monoisotopic (exact) mass is 504 g/mol. The summed E-state index contributed by atoms with van der Waals surface area (Å²) in [4.78, 5) is 54.0. The summed E-state index contributed by atoms with van der Waals surface area (Å²) in [7, 11) is 0. The van der Waals surface area contributed by atoms with Gasteiger partial charge in [-0.3, -0.25) is 24.5 Å². The van der Waals surface area contributed by atoms with Crippen molar-refractivity contribution in [3.05, 3.63) is 87.5 Å². The number of anilines is 2. The summed E-state index contributed by atoms with van der Waals surface area (Å²) in [6.45, 7) is 1.97. The van der Waals surface area contributed by atoms with Gasteiger partial charge in [-0.2, -0.15) is 0 Å². The summed E-state index contributed by atoms with van der Waals surface area (Å²) in [5.74, 6) is -1.12. The first-order chi connectivity index (χ1) is 16.8. The van der Waals surface area contributed by atoms with Crippen LogP contribution in [0, 0.1) is 17.0 Å². The first-order valence-electron chi connectivity index (χ1n) is 10.4. The van der Waals surface area contributed by atoms with E-state index < -0.39 is 16.7 Å². The number of benzene rings is 3. The van der Waals surface area contributed by atoms with Gasteiger partial charge < -0.3 is 5.32 Å². The van der Waals surface area contributed by atoms with Crippen molar-refractivity contribution >= 4 is 68.1 Å². The van der Waals surface area contributed by atoms with Crippen LogP contribution in [0.4, 0.5) is 17.1 Å². The van der Waals surface area contributed by atoms with Gasteiger partial charge >= 0.3 is 0 Å². The highest BCUT2D eigenvalue weighted by atomic mass is 32.2. The number of hydrogen-bond acceptors (Lipinski definition) is 8. The third-order valence-electron chi connectivity index (χ3n) is 5.35. The molecule has 1 aliphatic heterocycles. The number of aromatic nitrogens is 1. The number of nitro groups is 1. The van der Waals surface area contributed by atoms with Gasteiger partial charge in [-0.1, -0.05) is 29.5 Å². The molecule has 1 aromatic heterocycles. The molecule has 0 aliphatic carbocycles. The van der Waals surface area contributed by atoms with E-state index in [9.17, 15) is 24.5 Å². The molecule has 1 N–H and O–H groups in total. The van der Waals surface area contributed by atoms with E-state index in [1.807, 2.05) is 31.2 Å². The van der Waals surface area contributed by atoms with E-state index in [1.165, 1.54) is 35.2 Å². The quantitative estimate of drug-likeness (QED) is 0.169. The van der Waals surface area contributed by atoms with Gasteiger partial charge in [0, 0.05) is 17.8 Å². The van der Waals surface area contributed by atoms with Crippen molar-refractivity contribution in [3.63, 3.8) is 0 Å². The first kappa shape index (κ1) is 22.7. The molecular weight excluding hydrogens is 488 g/mol. The van der Waals surface area contributed by atoms with Crippen molar-refractivity contribution < 1.29 is 19.3 Å². The Morgan fingerprint density at radius 1 is 1.06 bits per heavy atom. The lowest BCUT2D eigenvalue weighted by atomic mass is 10.1. The van der Waals surface area contributed by atoms with E-state index >= 15 is 0 Å². The van der Waals surface area contributed by atoms with E-state index in [4.69, 9.17) is 0 Å². The molecule has 0 fully saturated rings. The second kappa shape index (κ2) is 8.93. The summed E-state index contributed by atoms with van der Waals surface area (Å²) >= 11 is 2.64. The minimum atomic E-state index is -0.611. The highest BCUT2D eigenvalue weighted by Gasteiger charge is 2.38. The van der Waals surface area contributed by atoms with E-state index in [2.05, 4.69) is 10.3 Å². The lowest BCUT2D eigenvalue weighted by molar-refractivity contribution is -0.384. The van der Waals surface area contributed by atoms with E-state index in [1.54, 1.807) is 18.2 Å². The average molecular weight is 505 g/mol. The molecule has 0 spiro atoms. The van der Waals surface area contributed by atoms with E-state index in [0.717, 1.165) is 26.9 Å². The van der Waals surface area contributed by atoms with Crippen molar-refractivity contribution in [2.45, 2.75) is 11.3 Å². The van der Waals surface area contributed by atoms with Crippen molar-refractivity contribution in [3.8, 4) is 0 Å². The highest BCUT2D eigenvalue weighted by molar-refractivity contribution is 8.01. The van der Waals surface area contributed by atoms with Gasteiger partial charge in [0.15, 0.2) is 4.34 Å². The summed E-state index contributed by atoms with van der Waals surface area (Å²) < 4.78 is 1.42. The summed E-state index contributed by atoms with van der Waals surface area (Å²) in [6, 6.07) is 16.1. The van der Waals surface area contributed by atoms with Crippen molar-refractivity contribution in [1.82, 2.24) is 4.98 Å². The fourth-order valence-electron chi connectivity index (χ4n) is 3.63. The Kier molecular flexibility index (Phi) is 5.79. The molecule has 2 heterocycles. The maximum absolute atomic E-state index is 12.9. The Morgan fingerprint density at radius 3 is 2.54 bits per heavy atom. The van der Waals surface area contributed by atoms with Crippen LogP contribution in [0.1, 0.15) is 26.3 Å². The van der Waals surface area contributed by atoms with Crippen LogP contribution in [0.2, 0.25) is 0 Å². The third-order valence-corrected chi connectivity index (χ3v) is 7.51. The molecule has 1 aliphatic rings. The predicted molar refractivity (Wildman–Crippen MR) is 134 cm³/mol. The topological polar surface area (TPSA) is 123 Å². The molecule has 9 nitrogen and oxygen atoms in total. The van der Waals surface area contributed by atoms with E-state index in [0.29, 0.717) is 15.5 Å². The van der Waals surface area contributed by atoms with Crippen LogP contribution < -0.4 is 10.2 Å². The zero-order valence-electron chi connectivity index (χ0n) is 18.2. The lowest BCUT2D eigenvalue weighted by Crippen LogP contribution is -2.29. The number of thiazole rings is 1. The van der Waals surface area contributed by atoms with Crippen LogP contribution in [0.3, 0.4) is 0 Å². The molecule has 0 saturated carbocycles. The molecule has 0 radical (unpaired) electrons. The van der Waals surface area contributed by atoms with Crippen molar-refractivity contribution in [1.29, 1.82) is 0 Å². The van der Waals surface area contributed by atoms with Gasteiger partial charge in [0.1, 0.15) is 0 Å². The molecule has 4 aromatic rings. The number of nitrogens with zero attached hydrogens (tertiary/aromatic N) is 3. The minimum absolute atomic E-state index is 0.00411. The molecular formula is C24H16N4O5S2. The van der Waals surface area contributed by atoms with Gasteiger partial charge in [0.2, 0.25) is 5.91 Å². The zero-order valence-corrected chi connectivity index (χ0v) is 19.8. The minimum Gasteiger partial charge on any atom is -0.325 e. The second-order valence-electron chi connectivity index (χ2n) is 7.77. The molecule has 0 atom stereocenters. The number of carbonyl (C=O) groups is 3. The maximum Gasteiger partial charge on any atom is 0.270 e. The fourth-order valence-corrected chi connectivity index (χ4v) is 5.53. The molecule has 174 valence electrons. The van der Waals surface area contributed by atoms with Gasteiger partial charge in [-0.05, 0) is 43.3 Å².